The van der Waals surface area contributed by atoms with Crippen LogP contribution in [-0.4, -0.2) is 50.9 Å². The maximum Gasteiger partial charge on any atom is 0.411 e. The molecule has 8 heteroatoms. The molecule has 0 aliphatic heterocycles. The highest BCUT2D eigenvalue weighted by Crippen LogP contribution is 2.14. The van der Waals surface area contributed by atoms with E-state index in [0.717, 1.165) is 0 Å². The standard InChI is InChI=1S/C9H15ClF3NO3/c1-16-5-7(4-10)14-8(15)2-3-17-6-9(11,12)13/h7H,2-6H2,1H3,(H,14,15). The Morgan fingerprint density at radius 3 is 2.59 bits per heavy atom. The smallest absolute Gasteiger partial charge is 0.383 e. The van der Waals surface area contributed by atoms with E-state index in [1.165, 1.54) is 7.11 Å². The number of alkyl halides is 4. The van der Waals surface area contributed by atoms with Gasteiger partial charge < -0.3 is 14.8 Å². The van der Waals surface area contributed by atoms with Crippen molar-refractivity contribution in [1.29, 1.82) is 0 Å². The molecular formula is C9H15ClF3NO3. The molecule has 17 heavy (non-hydrogen) atoms. The van der Waals surface area contributed by atoms with Crippen LogP contribution in [0.4, 0.5) is 13.2 Å². The van der Waals surface area contributed by atoms with Gasteiger partial charge in [0.1, 0.15) is 6.61 Å². The molecule has 0 saturated carbocycles. The number of methoxy groups -OCH3 is 1. The Kier molecular flexibility index (Phi) is 8.28. The van der Waals surface area contributed by atoms with Gasteiger partial charge in [0.15, 0.2) is 0 Å². The highest BCUT2D eigenvalue weighted by atomic mass is 35.5. The zero-order valence-electron chi connectivity index (χ0n) is 9.35. The molecule has 0 heterocycles. The predicted molar refractivity (Wildman–Crippen MR) is 56.0 cm³/mol. The Morgan fingerprint density at radius 1 is 1.47 bits per heavy atom. The second-order valence-corrected chi connectivity index (χ2v) is 3.60. The van der Waals surface area contributed by atoms with Crippen molar-refractivity contribution in [2.45, 2.75) is 18.6 Å². The van der Waals surface area contributed by atoms with Crippen LogP contribution in [0.5, 0.6) is 0 Å². The third kappa shape index (κ3) is 10.3. The predicted octanol–water partition coefficient (Wildman–Crippen LogP) is 1.33. The highest BCUT2D eigenvalue weighted by molar-refractivity contribution is 6.18. The molecule has 0 bridgehead atoms. The number of halogens is 4. The summed E-state index contributed by atoms with van der Waals surface area (Å²) in [5, 5.41) is 2.51. The molecule has 1 unspecified atom stereocenters. The van der Waals surface area contributed by atoms with Gasteiger partial charge >= 0.3 is 6.18 Å². The SMILES string of the molecule is COCC(CCl)NC(=O)CCOCC(F)(F)F. The maximum absolute atomic E-state index is 11.7. The van der Waals surface area contributed by atoms with Crippen LogP contribution in [0, 0.1) is 0 Å². The molecular weight excluding hydrogens is 263 g/mol. The van der Waals surface area contributed by atoms with Crippen LogP contribution in [0.2, 0.25) is 0 Å². The minimum absolute atomic E-state index is 0.146. The van der Waals surface area contributed by atoms with Crippen LogP contribution in [0.15, 0.2) is 0 Å². The van der Waals surface area contributed by atoms with Crippen molar-refractivity contribution in [2.75, 3.05) is 32.8 Å². The summed E-state index contributed by atoms with van der Waals surface area (Å²) in [7, 11) is 1.46. The molecule has 0 aliphatic carbocycles. The fourth-order valence-electron chi connectivity index (χ4n) is 0.979. The summed E-state index contributed by atoms with van der Waals surface area (Å²) in [4.78, 5) is 11.2. The van der Waals surface area contributed by atoms with Gasteiger partial charge in [-0.2, -0.15) is 13.2 Å². The van der Waals surface area contributed by atoms with E-state index < -0.39 is 18.7 Å². The van der Waals surface area contributed by atoms with Gasteiger partial charge in [-0.15, -0.1) is 11.6 Å². The quantitative estimate of drug-likeness (QED) is 0.538. The maximum atomic E-state index is 11.7. The molecule has 0 rings (SSSR count). The van der Waals surface area contributed by atoms with Crippen LogP contribution in [-0.2, 0) is 14.3 Å². The summed E-state index contributed by atoms with van der Waals surface area (Å²) in [5.41, 5.74) is 0. The number of rotatable bonds is 8. The fraction of sp³-hybridized carbons (Fsp3) is 0.889. The summed E-state index contributed by atoms with van der Waals surface area (Å²) >= 11 is 5.54. The first-order valence-electron chi connectivity index (χ1n) is 4.87. The van der Waals surface area contributed by atoms with Crippen LogP contribution in [0.1, 0.15) is 6.42 Å². The van der Waals surface area contributed by atoms with Crippen LogP contribution in [0.25, 0.3) is 0 Å². The van der Waals surface area contributed by atoms with E-state index in [0.29, 0.717) is 0 Å². The zero-order chi connectivity index (χ0) is 13.3. The summed E-state index contributed by atoms with van der Waals surface area (Å²) in [6.07, 6.45) is -4.52. The number of carbonyl (C=O) groups is 1. The Labute approximate surface area is 102 Å². The number of amides is 1. The minimum atomic E-state index is -4.37. The summed E-state index contributed by atoms with van der Waals surface area (Å²) in [5.74, 6) is -0.252. The molecule has 102 valence electrons. The van der Waals surface area contributed by atoms with Gasteiger partial charge in [-0.1, -0.05) is 0 Å². The minimum Gasteiger partial charge on any atom is -0.383 e. The molecule has 0 saturated heterocycles. The molecule has 0 spiro atoms. The van der Waals surface area contributed by atoms with Crippen molar-refractivity contribution in [1.82, 2.24) is 5.32 Å². The first-order chi connectivity index (χ1) is 7.89. The van der Waals surface area contributed by atoms with Crippen LogP contribution in [0.3, 0.4) is 0 Å². The summed E-state index contributed by atoms with van der Waals surface area (Å²) in [6.45, 7) is -1.39. The lowest BCUT2D eigenvalue weighted by atomic mass is 10.3. The van der Waals surface area contributed by atoms with Crippen LogP contribution < -0.4 is 5.32 Å². The first-order valence-corrected chi connectivity index (χ1v) is 5.41. The molecule has 0 aliphatic rings. The molecule has 1 N–H and O–H groups in total. The van der Waals surface area contributed by atoms with E-state index in [1.54, 1.807) is 0 Å². The molecule has 4 nitrogen and oxygen atoms in total. The lowest BCUT2D eigenvalue weighted by Gasteiger charge is -2.15. The monoisotopic (exact) mass is 277 g/mol. The number of ether oxygens (including phenoxy) is 2. The van der Waals surface area contributed by atoms with E-state index in [4.69, 9.17) is 16.3 Å². The van der Waals surface area contributed by atoms with E-state index in [-0.39, 0.29) is 31.6 Å². The fourth-order valence-corrected chi connectivity index (χ4v) is 1.14. The second-order valence-electron chi connectivity index (χ2n) is 3.29. The number of hydrogen-bond donors (Lipinski definition) is 1. The van der Waals surface area contributed by atoms with Gasteiger partial charge in [0, 0.05) is 19.4 Å². The van der Waals surface area contributed by atoms with Gasteiger partial charge in [-0.05, 0) is 0 Å². The number of carbonyl (C=O) groups excluding carboxylic acids is 1. The number of hydrogen-bond acceptors (Lipinski definition) is 3. The average Bonchev–Trinajstić information content (AvgIpc) is 2.22. The summed E-state index contributed by atoms with van der Waals surface area (Å²) < 4.78 is 44.1. The molecule has 1 amide bonds. The van der Waals surface area contributed by atoms with Gasteiger partial charge in [0.05, 0.1) is 19.3 Å². The Bertz CT molecular complexity index is 226. The van der Waals surface area contributed by atoms with Gasteiger partial charge in [0.25, 0.3) is 0 Å². The van der Waals surface area contributed by atoms with Crippen molar-refractivity contribution in [3.05, 3.63) is 0 Å². The van der Waals surface area contributed by atoms with Crippen molar-refractivity contribution in [2.24, 2.45) is 0 Å². The van der Waals surface area contributed by atoms with Gasteiger partial charge in [-0.3, -0.25) is 4.79 Å². The largest absolute Gasteiger partial charge is 0.411 e. The highest BCUT2D eigenvalue weighted by Gasteiger charge is 2.27. The molecule has 0 fully saturated rings. The Hall–Kier alpha value is -0.530. The van der Waals surface area contributed by atoms with Crippen molar-refractivity contribution in [3.8, 4) is 0 Å². The third-order valence-corrected chi connectivity index (χ3v) is 2.03. The van der Waals surface area contributed by atoms with Gasteiger partial charge in [0.2, 0.25) is 5.91 Å². The Morgan fingerprint density at radius 2 is 2.12 bits per heavy atom. The molecule has 1 atom stereocenters. The number of nitrogens with one attached hydrogen (secondary N) is 1. The molecule has 0 radical (unpaired) electrons. The Balaban J connectivity index is 3.65. The third-order valence-electron chi connectivity index (χ3n) is 1.66. The van der Waals surface area contributed by atoms with E-state index in [2.05, 4.69) is 10.1 Å². The molecule has 0 aromatic heterocycles. The van der Waals surface area contributed by atoms with E-state index in [9.17, 15) is 18.0 Å². The zero-order valence-corrected chi connectivity index (χ0v) is 10.1. The molecule has 0 aromatic rings. The topological polar surface area (TPSA) is 47.6 Å². The van der Waals surface area contributed by atoms with Crippen LogP contribution >= 0.6 is 11.6 Å². The van der Waals surface area contributed by atoms with Gasteiger partial charge in [-0.25, -0.2) is 0 Å². The van der Waals surface area contributed by atoms with Crippen molar-refractivity contribution >= 4 is 17.5 Å². The summed E-state index contributed by atoms with van der Waals surface area (Å²) in [6, 6.07) is -0.350. The lowest BCUT2D eigenvalue weighted by Crippen LogP contribution is -2.39. The van der Waals surface area contributed by atoms with Crippen molar-refractivity contribution in [3.63, 3.8) is 0 Å². The molecule has 0 aromatic carbocycles. The van der Waals surface area contributed by atoms with E-state index in [1.807, 2.05) is 0 Å². The lowest BCUT2D eigenvalue weighted by molar-refractivity contribution is -0.174. The van der Waals surface area contributed by atoms with Crippen molar-refractivity contribution < 1.29 is 27.4 Å². The first kappa shape index (κ1) is 16.5. The second kappa shape index (κ2) is 8.54. The average molecular weight is 278 g/mol. The normalized spacial score (nSPS) is 13.5. The van der Waals surface area contributed by atoms with E-state index >= 15 is 0 Å².